The number of aliphatic hydroxyl groups excluding tert-OH is 3. The maximum absolute atomic E-state index is 14.3. The Morgan fingerprint density at radius 2 is 1.79 bits per heavy atom. The van der Waals surface area contributed by atoms with E-state index in [1.54, 1.807) is 34.6 Å². The third-order valence-corrected chi connectivity index (χ3v) is 5.80. The molecule has 16 heteroatoms. The van der Waals surface area contributed by atoms with Gasteiger partial charge in [0.15, 0.2) is 23.2 Å². The Morgan fingerprint density at radius 1 is 1.13 bits per heavy atom. The molecule has 0 saturated carbocycles. The molecule has 1 aliphatic heterocycles. The first-order valence-corrected chi connectivity index (χ1v) is 12.3. The molecule has 3 heterocycles. The fraction of sp³-hybridized carbons (Fsp3) is 0.652. The minimum Gasteiger partial charge on any atom is -0.444 e. The molecule has 3 rings (SSSR count). The predicted molar refractivity (Wildman–Crippen MR) is 133 cm³/mol. The van der Waals surface area contributed by atoms with Crippen LogP contribution in [0, 0.1) is 12.0 Å². The Labute approximate surface area is 223 Å². The molecule has 6 atom stereocenters. The van der Waals surface area contributed by atoms with E-state index in [0.29, 0.717) is 0 Å². The molecule has 0 bridgehead atoms. The molecule has 0 unspecified atom stereocenters. The zero-order valence-electron chi connectivity index (χ0n) is 22.4. The number of rotatable bonds is 8. The number of halogens is 1. The number of amides is 3. The molecular weight excluding hydrogens is 521 g/mol. The van der Waals surface area contributed by atoms with Gasteiger partial charge in [0.05, 0.1) is 12.9 Å². The fourth-order valence-electron chi connectivity index (χ4n) is 3.84. The summed E-state index contributed by atoms with van der Waals surface area (Å²) in [7, 11) is 0. The topological polar surface area (TPSA) is 210 Å². The van der Waals surface area contributed by atoms with Crippen LogP contribution in [-0.2, 0) is 19.1 Å². The van der Waals surface area contributed by atoms with Crippen LogP contribution < -0.4 is 16.0 Å². The van der Waals surface area contributed by atoms with E-state index in [1.165, 1.54) is 6.92 Å². The van der Waals surface area contributed by atoms with Crippen LogP contribution >= 0.6 is 0 Å². The number of nitrogens with one attached hydrogen (secondary N) is 3. The van der Waals surface area contributed by atoms with Gasteiger partial charge in [-0.05, 0) is 33.6 Å². The van der Waals surface area contributed by atoms with Crippen LogP contribution in [0.2, 0.25) is 0 Å². The van der Waals surface area contributed by atoms with Crippen LogP contribution in [0.25, 0.3) is 11.2 Å². The second-order valence-electron chi connectivity index (χ2n) is 10.5. The average Bonchev–Trinajstić information content (AvgIpc) is 3.36. The number of hydrogen-bond acceptors (Lipinski definition) is 11. The molecule has 15 nitrogen and oxygen atoms in total. The van der Waals surface area contributed by atoms with Crippen molar-refractivity contribution in [2.24, 2.45) is 5.92 Å². The normalized spacial score (nSPS) is 22.9. The minimum atomic E-state index is -1.48. The summed E-state index contributed by atoms with van der Waals surface area (Å²) in [5, 5.41) is 37.0. The van der Waals surface area contributed by atoms with E-state index in [2.05, 4.69) is 30.9 Å². The Morgan fingerprint density at radius 3 is 2.36 bits per heavy atom. The SMILES string of the molecule is CC(C)[C@H](NC(=O)OC(C)(C)C)C(=O)N[C@@H](C)C(=O)Nc1nc(F)nc2c1ncn2[C@@H]1O[C@H](CO)[C@@H](O)[C@@H]1O. The lowest BCUT2D eigenvalue weighted by atomic mass is 10.0. The zero-order valence-corrected chi connectivity index (χ0v) is 22.4. The number of nitrogens with zero attached hydrogens (tertiary/aromatic N) is 4. The number of aliphatic hydroxyl groups is 3. The summed E-state index contributed by atoms with van der Waals surface area (Å²) in [6.07, 6.45) is -6.10. The number of aromatic nitrogens is 4. The van der Waals surface area contributed by atoms with Gasteiger partial charge in [-0.25, -0.2) is 9.78 Å². The van der Waals surface area contributed by atoms with E-state index in [9.17, 15) is 34.1 Å². The molecule has 6 N–H and O–H groups in total. The fourth-order valence-corrected chi connectivity index (χ4v) is 3.84. The summed E-state index contributed by atoms with van der Waals surface area (Å²) >= 11 is 0. The summed E-state index contributed by atoms with van der Waals surface area (Å²) in [4.78, 5) is 49.2. The lowest BCUT2D eigenvalue weighted by Crippen LogP contribution is -2.54. The average molecular weight is 556 g/mol. The second kappa shape index (κ2) is 11.7. The first kappa shape index (κ1) is 30.1. The number of carbonyl (C=O) groups is 3. The van der Waals surface area contributed by atoms with Crippen molar-refractivity contribution >= 4 is 34.9 Å². The van der Waals surface area contributed by atoms with Crippen LogP contribution in [0.3, 0.4) is 0 Å². The molecule has 3 amide bonds. The van der Waals surface area contributed by atoms with Crippen molar-refractivity contribution in [2.75, 3.05) is 11.9 Å². The van der Waals surface area contributed by atoms with Gasteiger partial charge in [0.2, 0.25) is 11.8 Å². The molecule has 0 radical (unpaired) electrons. The molecule has 1 fully saturated rings. The Kier molecular flexibility index (Phi) is 9.05. The largest absolute Gasteiger partial charge is 0.444 e. The molecular formula is C23H34FN7O8. The van der Waals surface area contributed by atoms with Crippen molar-refractivity contribution in [1.29, 1.82) is 0 Å². The van der Waals surface area contributed by atoms with Gasteiger partial charge in [-0.1, -0.05) is 13.8 Å². The van der Waals surface area contributed by atoms with Gasteiger partial charge in [0, 0.05) is 0 Å². The minimum absolute atomic E-state index is 0.0623. The third-order valence-electron chi connectivity index (χ3n) is 5.80. The van der Waals surface area contributed by atoms with Crippen molar-refractivity contribution in [3.8, 4) is 0 Å². The van der Waals surface area contributed by atoms with Crippen LogP contribution in [0.4, 0.5) is 15.0 Å². The Balaban J connectivity index is 1.74. The predicted octanol–water partition coefficient (Wildman–Crippen LogP) is -0.431. The van der Waals surface area contributed by atoms with Crippen molar-refractivity contribution in [2.45, 2.75) is 83.8 Å². The van der Waals surface area contributed by atoms with Gasteiger partial charge in [-0.3, -0.25) is 14.2 Å². The quantitative estimate of drug-likeness (QED) is 0.230. The first-order chi connectivity index (χ1) is 18.1. The molecule has 1 aliphatic rings. The molecule has 0 aromatic carbocycles. The summed E-state index contributed by atoms with van der Waals surface area (Å²) in [6.45, 7) is 9.25. The molecule has 0 aliphatic carbocycles. The van der Waals surface area contributed by atoms with Crippen LogP contribution in [0.1, 0.15) is 47.8 Å². The van der Waals surface area contributed by atoms with Crippen molar-refractivity contribution < 1.29 is 43.6 Å². The summed E-state index contributed by atoms with van der Waals surface area (Å²) < 4.78 is 26.1. The summed E-state index contributed by atoms with van der Waals surface area (Å²) in [6, 6.07) is -2.15. The highest BCUT2D eigenvalue weighted by Gasteiger charge is 2.44. The molecule has 39 heavy (non-hydrogen) atoms. The smallest absolute Gasteiger partial charge is 0.408 e. The highest BCUT2D eigenvalue weighted by molar-refractivity contribution is 6.01. The van der Waals surface area contributed by atoms with E-state index in [1.807, 2.05) is 0 Å². The number of imidazole rings is 1. The Hall–Kier alpha value is -3.47. The third kappa shape index (κ3) is 6.95. The number of carbonyl (C=O) groups excluding carboxylic acids is 3. The zero-order chi connectivity index (χ0) is 29.2. The molecule has 216 valence electrons. The first-order valence-electron chi connectivity index (χ1n) is 12.3. The van der Waals surface area contributed by atoms with Crippen molar-refractivity contribution in [3.05, 3.63) is 12.4 Å². The monoisotopic (exact) mass is 555 g/mol. The highest BCUT2D eigenvalue weighted by Crippen LogP contribution is 2.32. The van der Waals surface area contributed by atoms with E-state index >= 15 is 0 Å². The highest BCUT2D eigenvalue weighted by atomic mass is 19.1. The molecule has 2 aromatic rings. The maximum atomic E-state index is 14.3. The summed E-state index contributed by atoms with van der Waals surface area (Å²) in [5.74, 6) is -2.08. The van der Waals surface area contributed by atoms with Crippen LogP contribution in [0.5, 0.6) is 0 Å². The van der Waals surface area contributed by atoms with Crippen molar-refractivity contribution in [1.82, 2.24) is 30.2 Å². The van der Waals surface area contributed by atoms with Gasteiger partial charge in [0.25, 0.3) is 0 Å². The molecule has 2 aromatic heterocycles. The van der Waals surface area contributed by atoms with Gasteiger partial charge >= 0.3 is 12.2 Å². The van der Waals surface area contributed by atoms with E-state index < -0.39 is 72.8 Å². The van der Waals surface area contributed by atoms with E-state index in [0.717, 1.165) is 10.9 Å². The van der Waals surface area contributed by atoms with Crippen LogP contribution in [0.15, 0.2) is 6.33 Å². The molecule has 1 saturated heterocycles. The van der Waals surface area contributed by atoms with Gasteiger partial charge < -0.3 is 40.7 Å². The van der Waals surface area contributed by atoms with Gasteiger partial charge in [-0.15, -0.1) is 0 Å². The number of alkyl carbamates (subject to hydrolysis) is 1. The summed E-state index contributed by atoms with van der Waals surface area (Å²) in [5.41, 5.74) is -0.999. The maximum Gasteiger partial charge on any atom is 0.408 e. The second-order valence-corrected chi connectivity index (χ2v) is 10.5. The van der Waals surface area contributed by atoms with Gasteiger partial charge in [-0.2, -0.15) is 14.4 Å². The van der Waals surface area contributed by atoms with Gasteiger partial charge in [0.1, 0.15) is 36.0 Å². The number of hydrogen-bond donors (Lipinski definition) is 6. The number of fused-ring (bicyclic) bond motifs is 1. The van der Waals surface area contributed by atoms with E-state index in [4.69, 9.17) is 9.47 Å². The van der Waals surface area contributed by atoms with E-state index in [-0.39, 0.29) is 22.9 Å². The van der Waals surface area contributed by atoms with Crippen molar-refractivity contribution in [3.63, 3.8) is 0 Å². The lowest BCUT2D eigenvalue weighted by Gasteiger charge is -2.26. The Bertz CT molecular complexity index is 1220. The molecule has 0 spiro atoms. The number of ether oxygens (including phenoxy) is 2. The van der Waals surface area contributed by atoms with Crippen LogP contribution in [-0.4, -0.2) is 95.3 Å². The lowest BCUT2D eigenvalue weighted by molar-refractivity contribution is -0.128. The number of anilines is 1. The standard InChI is InChI=1S/C23H34FN7O8/c1-9(2)12(27-22(37)39-23(4,5)6)19(36)26-10(3)18(35)28-16-13-17(30-21(24)29-16)31(8-25-13)20-15(34)14(33)11(7-32)38-20/h8-12,14-15,20,32-34H,7H2,1-6H3,(H,26,36)(H,27,37)(H,28,29,30,35)/t10-,11+,12-,14+,15-,20+/m0/s1.